The monoisotopic (exact) mass is 205 g/mol. The number of benzene rings is 1. The predicted octanol–water partition coefficient (Wildman–Crippen LogP) is 1.53. The lowest BCUT2D eigenvalue weighted by atomic mass is 10.1. The van der Waals surface area contributed by atoms with Crippen LogP contribution in [0, 0.1) is 5.82 Å². The van der Waals surface area contributed by atoms with E-state index in [-0.39, 0.29) is 5.82 Å². The van der Waals surface area contributed by atoms with Gasteiger partial charge in [0.25, 0.3) is 0 Å². The number of halogens is 1. The van der Waals surface area contributed by atoms with E-state index in [2.05, 4.69) is 5.10 Å². The largest absolute Gasteiger partial charge is 0.326 e. The smallest absolute Gasteiger partial charge is 0.123 e. The van der Waals surface area contributed by atoms with Crippen molar-refractivity contribution in [3.05, 3.63) is 53.6 Å². The molecule has 2 N–H and O–H groups in total. The normalized spacial score (nSPS) is 10.5. The molecule has 1 aromatic carbocycles. The summed E-state index contributed by atoms with van der Waals surface area (Å²) >= 11 is 0. The highest BCUT2D eigenvalue weighted by Crippen LogP contribution is 2.12. The zero-order valence-electron chi connectivity index (χ0n) is 8.23. The summed E-state index contributed by atoms with van der Waals surface area (Å²) in [5, 5.41) is 4.09. The van der Waals surface area contributed by atoms with Gasteiger partial charge >= 0.3 is 0 Å². The molecule has 2 rings (SSSR count). The molecular weight excluding hydrogens is 193 g/mol. The van der Waals surface area contributed by atoms with Crippen LogP contribution in [0.25, 0.3) is 0 Å². The summed E-state index contributed by atoms with van der Waals surface area (Å²) < 4.78 is 14.7. The molecule has 0 amide bonds. The minimum atomic E-state index is -0.250. The predicted molar refractivity (Wildman–Crippen MR) is 55.6 cm³/mol. The van der Waals surface area contributed by atoms with Crippen molar-refractivity contribution in [3.63, 3.8) is 0 Å². The highest BCUT2D eigenvalue weighted by atomic mass is 19.1. The van der Waals surface area contributed by atoms with Gasteiger partial charge in [-0.1, -0.05) is 6.07 Å². The van der Waals surface area contributed by atoms with Crippen molar-refractivity contribution in [2.75, 3.05) is 0 Å². The highest BCUT2D eigenvalue weighted by Gasteiger charge is 2.03. The minimum absolute atomic E-state index is 0.250. The van der Waals surface area contributed by atoms with Crippen LogP contribution in [0.15, 0.2) is 36.7 Å². The standard InChI is InChI=1S/C11H12FN3/c12-11-3-2-9(10(6-11)7-13)8-15-5-1-4-14-15/h1-6H,7-8,13H2. The van der Waals surface area contributed by atoms with Gasteiger partial charge in [-0.15, -0.1) is 0 Å². The number of rotatable bonds is 3. The quantitative estimate of drug-likeness (QED) is 0.825. The topological polar surface area (TPSA) is 43.8 Å². The lowest BCUT2D eigenvalue weighted by Crippen LogP contribution is -2.07. The summed E-state index contributed by atoms with van der Waals surface area (Å²) in [7, 11) is 0. The molecule has 0 fully saturated rings. The van der Waals surface area contributed by atoms with Crippen LogP contribution in [0.4, 0.5) is 4.39 Å². The third kappa shape index (κ3) is 2.22. The summed E-state index contributed by atoms with van der Waals surface area (Å²) in [5.41, 5.74) is 7.38. The van der Waals surface area contributed by atoms with Crippen LogP contribution in [-0.4, -0.2) is 9.78 Å². The maximum atomic E-state index is 12.9. The van der Waals surface area contributed by atoms with E-state index in [1.54, 1.807) is 16.9 Å². The molecule has 2 aromatic rings. The van der Waals surface area contributed by atoms with E-state index in [1.165, 1.54) is 12.1 Å². The fourth-order valence-corrected chi connectivity index (χ4v) is 1.51. The third-order valence-electron chi connectivity index (χ3n) is 2.28. The van der Waals surface area contributed by atoms with Crippen molar-refractivity contribution < 1.29 is 4.39 Å². The SMILES string of the molecule is NCc1cc(F)ccc1Cn1cccn1. The van der Waals surface area contributed by atoms with Gasteiger partial charge in [-0.25, -0.2) is 4.39 Å². The van der Waals surface area contributed by atoms with E-state index >= 15 is 0 Å². The second kappa shape index (κ2) is 4.23. The average molecular weight is 205 g/mol. The second-order valence-electron chi connectivity index (χ2n) is 3.32. The van der Waals surface area contributed by atoms with E-state index < -0.39 is 0 Å². The second-order valence-corrected chi connectivity index (χ2v) is 3.32. The van der Waals surface area contributed by atoms with Gasteiger partial charge in [-0.3, -0.25) is 4.68 Å². The molecule has 1 aromatic heterocycles. The van der Waals surface area contributed by atoms with Crippen LogP contribution in [0.1, 0.15) is 11.1 Å². The fraction of sp³-hybridized carbons (Fsp3) is 0.182. The van der Waals surface area contributed by atoms with Crippen molar-refractivity contribution in [2.24, 2.45) is 5.73 Å². The average Bonchev–Trinajstić information content (AvgIpc) is 2.73. The molecule has 0 spiro atoms. The number of aromatic nitrogens is 2. The molecule has 0 aliphatic carbocycles. The lowest BCUT2D eigenvalue weighted by molar-refractivity contribution is 0.620. The van der Waals surface area contributed by atoms with Crippen LogP contribution in [0.3, 0.4) is 0 Å². The number of nitrogens with zero attached hydrogens (tertiary/aromatic N) is 2. The van der Waals surface area contributed by atoms with E-state index in [9.17, 15) is 4.39 Å². The van der Waals surface area contributed by atoms with Gasteiger partial charge < -0.3 is 5.73 Å². The van der Waals surface area contributed by atoms with Crippen LogP contribution in [-0.2, 0) is 13.1 Å². The molecule has 0 aliphatic rings. The Bertz CT molecular complexity index is 437. The maximum absolute atomic E-state index is 12.9. The Kier molecular flexibility index (Phi) is 2.78. The molecule has 0 aliphatic heterocycles. The van der Waals surface area contributed by atoms with Crippen molar-refractivity contribution in [3.8, 4) is 0 Å². The van der Waals surface area contributed by atoms with Crippen LogP contribution >= 0.6 is 0 Å². The zero-order chi connectivity index (χ0) is 10.7. The Balaban J connectivity index is 2.28. The molecule has 0 saturated heterocycles. The van der Waals surface area contributed by atoms with Crippen molar-refractivity contribution in [1.82, 2.24) is 9.78 Å². The van der Waals surface area contributed by atoms with Crippen molar-refractivity contribution in [2.45, 2.75) is 13.1 Å². The molecule has 1 heterocycles. The molecule has 0 bridgehead atoms. The van der Waals surface area contributed by atoms with Gasteiger partial charge in [-0.05, 0) is 29.3 Å². The summed E-state index contributed by atoms with van der Waals surface area (Å²) in [4.78, 5) is 0. The molecule has 0 saturated carbocycles. The van der Waals surface area contributed by atoms with Crippen molar-refractivity contribution in [1.29, 1.82) is 0 Å². The van der Waals surface area contributed by atoms with Crippen LogP contribution < -0.4 is 5.73 Å². The van der Waals surface area contributed by atoms with Gasteiger partial charge in [0.1, 0.15) is 5.82 Å². The van der Waals surface area contributed by atoms with Gasteiger partial charge in [-0.2, -0.15) is 5.10 Å². The molecule has 4 heteroatoms. The Morgan fingerprint density at radius 1 is 1.33 bits per heavy atom. The number of hydrogen-bond donors (Lipinski definition) is 1. The Morgan fingerprint density at radius 2 is 2.20 bits per heavy atom. The molecule has 0 radical (unpaired) electrons. The summed E-state index contributed by atoms with van der Waals surface area (Å²) in [6.45, 7) is 0.966. The Hall–Kier alpha value is -1.68. The van der Waals surface area contributed by atoms with E-state index in [1.807, 2.05) is 12.3 Å². The highest BCUT2D eigenvalue weighted by molar-refractivity contribution is 5.27. The molecule has 15 heavy (non-hydrogen) atoms. The van der Waals surface area contributed by atoms with Crippen molar-refractivity contribution >= 4 is 0 Å². The first-order valence-corrected chi connectivity index (χ1v) is 4.74. The summed E-state index contributed by atoms with van der Waals surface area (Å²) in [5.74, 6) is -0.250. The van der Waals surface area contributed by atoms with Gasteiger partial charge in [0.2, 0.25) is 0 Å². The van der Waals surface area contributed by atoms with Gasteiger partial charge in [0.05, 0.1) is 6.54 Å². The maximum Gasteiger partial charge on any atom is 0.123 e. The number of nitrogens with two attached hydrogens (primary N) is 1. The molecule has 0 atom stereocenters. The first kappa shape index (κ1) is 9.86. The van der Waals surface area contributed by atoms with Crippen LogP contribution in [0.5, 0.6) is 0 Å². The van der Waals surface area contributed by atoms with Crippen LogP contribution in [0.2, 0.25) is 0 Å². The van der Waals surface area contributed by atoms with E-state index in [4.69, 9.17) is 5.73 Å². The first-order chi connectivity index (χ1) is 7.29. The van der Waals surface area contributed by atoms with Gasteiger partial charge in [0.15, 0.2) is 0 Å². The summed E-state index contributed by atoms with van der Waals surface area (Å²) in [6.07, 6.45) is 3.58. The Labute approximate surface area is 87.3 Å². The number of hydrogen-bond acceptors (Lipinski definition) is 2. The molecule has 0 unspecified atom stereocenters. The third-order valence-corrected chi connectivity index (χ3v) is 2.28. The fourth-order valence-electron chi connectivity index (χ4n) is 1.51. The lowest BCUT2D eigenvalue weighted by Gasteiger charge is -2.07. The molecule has 78 valence electrons. The van der Waals surface area contributed by atoms with E-state index in [0.717, 1.165) is 11.1 Å². The molecular formula is C11H12FN3. The first-order valence-electron chi connectivity index (χ1n) is 4.74. The van der Waals surface area contributed by atoms with E-state index in [0.29, 0.717) is 13.1 Å². The molecule has 3 nitrogen and oxygen atoms in total. The minimum Gasteiger partial charge on any atom is -0.326 e. The summed E-state index contributed by atoms with van der Waals surface area (Å²) in [6, 6.07) is 6.52. The van der Waals surface area contributed by atoms with Gasteiger partial charge in [0, 0.05) is 18.9 Å². The Morgan fingerprint density at radius 3 is 2.87 bits per heavy atom. The zero-order valence-corrected chi connectivity index (χ0v) is 8.23.